The van der Waals surface area contributed by atoms with Gasteiger partial charge in [-0.2, -0.15) is 0 Å². The highest BCUT2D eigenvalue weighted by molar-refractivity contribution is 6.24. The summed E-state index contributed by atoms with van der Waals surface area (Å²) in [5, 5.41) is 3.02. The number of alkyl halides is 1. The second kappa shape index (κ2) is 3.38. The van der Waals surface area contributed by atoms with Crippen molar-refractivity contribution in [1.29, 1.82) is 0 Å². The quantitative estimate of drug-likeness (QED) is 0.740. The molecule has 4 rings (SSSR count). The van der Waals surface area contributed by atoms with E-state index >= 15 is 0 Å². The van der Waals surface area contributed by atoms with E-state index in [9.17, 15) is 4.79 Å². The summed E-state index contributed by atoms with van der Waals surface area (Å²) in [6, 6.07) is 0. The lowest BCUT2D eigenvalue weighted by molar-refractivity contribution is -0.144. The summed E-state index contributed by atoms with van der Waals surface area (Å²) in [4.78, 5) is 12.2. The van der Waals surface area contributed by atoms with E-state index in [-0.39, 0.29) is 16.2 Å². The lowest BCUT2D eigenvalue weighted by Crippen LogP contribution is -2.58. The van der Waals surface area contributed by atoms with Crippen LogP contribution in [-0.2, 0) is 4.79 Å². The Morgan fingerprint density at radius 3 is 2.44 bits per heavy atom. The third-order valence-corrected chi connectivity index (χ3v) is 5.25. The van der Waals surface area contributed by atoms with Crippen LogP contribution in [0, 0.1) is 17.3 Å². The number of amides is 1. The molecule has 4 saturated carbocycles. The van der Waals surface area contributed by atoms with Gasteiger partial charge in [-0.15, -0.1) is 11.6 Å². The third kappa shape index (κ3) is 1.49. The maximum atomic E-state index is 12.3. The van der Waals surface area contributed by atoms with Crippen molar-refractivity contribution in [2.45, 2.75) is 50.3 Å². The maximum absolute atomic E-state index is 12.3. The molecule has 0 aromatic carbocycles. The van der Waals surface area contributed by atoms with Gasteiger partial charge in [0.05, 0.1) is 5.41 Å². The van der Waals surface area contributed by atoms with Gasteiger partial charge in [-0.25, -0.2) is 0 Å². The van der Waals surface area contributed by atoms with E-state index in [2.05, 4.69) is 5.32 Å². The van der Waals surface area contributed by atoms with Gasteiger partial charge in [-0.3, -0.25) is 4.79 Å². The summed E-state index contributed by atoms with van der Waals surface area (Å²) in [5.41, 5.74) is -0.109. The molecule has 4 fully saturated rings. The van der Waals surface area contributed by atoms with Crippen LogP contribution in [-0.4, -0.2) is 17.3 Å². The fourth-order valence-electron chi connectivity index (χ4n) is 4.76. The number of hydrogen-bond donors (Lipinski definition) is 1. The first-order valence-corrected chi connectivity index (χ1v) is 6.90. The zero-order chi connectivity index (χ0) is 11.4. The molecule has 4 bridgehead atoms. The van der Waals surface area contributed by atoms with E-state index in [1.807, 2.05) is 6.92 Å². The van der Waals surface area contributed by atoms with Crippen LogP contribution >= 0.6 is 11.6 Å². The molecular formula is C13H20ClNO. The Morgan fingerprint density at radius 1 is 1.31 bits per heavy atom. The van der Waals surface area contributed by atoms with Gasteiger partial charge in [0.2, 0.25) is 5.91 Å². The van der Waals surface area contributed by atoms with Crippen LogP contribution in [0.3, 0.4) is 0 Å². The molecule has 1 amide bonds. The molecule has 4 aliphatic rings. The molecule has 1 N–H and O–H groups in total. The van der Waals surface area contributed by atoms with Crippen molar-refractivity contribution in [2.75, 3.05) is 6.54 Å². The van der Waals surface area contributed by atoms with Gasteiger partial charge in [-0.1, -0.05) is 0 Å². The van der Waals surface area contributed by atoms with Gasteiger partial charge in [0, 0.05) is 11.4 Å². The summed E-state index contributed by atoms with van der Waals surface area (Å²) < 4.78 is 0. The topological polar surface area (TPSA) is 29.1 Å². The molecule has 0 spiro atoms. The number of halogens is 1. The monoisotopic (exact) mass is 241 g/mol. The van der Waals surface area contributed by atoms with Crippen molar-refractivity contribution in [1.82, 2.24) is 5.32 Å². The van der Waals surface area contributed by atoms with E-state index in [4.69, 9.17) is 11.6 Å². The molecule has 0 saturated heterocycles. The highest BCUT2D eigenvalue weighted by atomic mass is 35.5. The van der Waals surface area contributed by atoms with Crippen molar-refractivity contribution in [3.63, 3.8) is 0 Å². The van der Waals surface area contributed by atoms with Gasteiger partial charge >= 0.3 is 0 Å². The highest BCUT2D eigenvalue weighted by Gasteiger charge is 2.59. The van der Waals surface area contributed by atoms with E-state index in [0.717, 1.165) is 38.6 Å². The third-order valence-electron chi connectivity index (χ3n) is 4.81. The minimum atomic E-state index is -0.109. The van der Waals surface area contributed by atoms with Crippen LogP contribution in [0.25, 0.3) is 0 Å². The highest BCUT2D eigenvalue weighted by Crippen LogP contribution is 2.63. The van der Waals surface area contributed by atoms with E-state index in [1.54, 1.807) is 0 Å². The Morgan fingerprint density at radius 2 is 1.94 bits per heavy atom. The Balaban J connectivity index is 1.89. The molecule has 2 nitrogen and oxygen atoms in total. The molecule has 0 radical (unpaired) electrons. The van der Waals surface area contributed by atoms with Crippen LogP contribution in [0.2, 0.25) is 0 Å². The number of carbonyl (C=O) groups is 1. The second-order valence-corrected chi connectivity index (χ2v) is 7.05. The summed E-state index contributed by atoms with van der Waals surface area (Å²) >= 11 is 6.68. The van der Waals surface area contributed by atoms with E-state index < -0.39 is 0 Å². The lowest BCUT2D eigenvalue weighted by atomic mass is 9.49. The number of hydrogen-bond acceptors (Lipinski definition) is 1. The van der Waals surface area contributed by atoms with Crippen molar-refractivity contribution in [3.8, 4) is 0 Å². The second-order valence-electron chi connectivity index (χ2n) is 6.25. The van der Waals surface area contributed by atoms with Gasteiger partial charge in [0.25, 0.3) is 0 Å². The Labute approximate surface area is 102 Å². The predicted molar refractivity (Wildman–Crippen MR) is 64.4 cm³/mol. The largest absolute Gasteiger partial charge is 0.356 e. The Hall–Kier alpha value is -0.240. The average molecular weight is 242 g/mol. The fraction of sp³-hybridized carbons (Fsp3) is 0.923. The van der Waals surface area contributed by atoms with Crippen LogP contribution < -0.4 is 5.32 Å². The first-order valence-electron chi connectivity index (χ1n) is 6.52. The minimum absolute atomic E-state index is 0.0465. The zero-order valence-electron chi connectivity index (χ0n) is 9.89. The molecule has 2 atom stereocenters. The van der Waals surface area contributed by atoms with Gasteiger partial charge in [0.1, 0.15) is 0 Å². The predicted octanol–water partition coefficient (Wildman–Crippen LogP) is 2.70. The van der Waals surface area contributed by atoms with Crippen molar-refractivity contribution in [2.24, 2.45) is 17.3 Å². The molecule has 16 heavy (non-hydrogen) atoms. The molecule has 3 heteroatoms. The average Bonchev–Trinajstić information content (AvgIpc) is 2.13. The van der Waals surface area contributed by atoms with Crippen LogP contribution in [0.1, 0.15) is 45.4 Å². The van der Waals surface area contributed by atoms with Crippen molar-refractivity contribution in [3.05, 3.63) is 0 Å². The van der Waals surface area contributed by atoms with Gasteiger partial charge in [0.15, 0.2) is 0 Å². The van der Waals surface area contributed by atoms with Crippen molar-refractivity contribution >= 4 is 17.5 Å². The van der Waals surface area contributed by atoms with Gasteiger partial charge < -0.3 is 5.32 Å². The normalized spacial score (nSPS) is 49.4. The first kappa shape index (κ1) is 10.9. The Bertz CT molecular complexity index is 314. The summed E-state index contributed by atoms with van der Waals surface area (Å²) in [6.45, 7) is 2.74. The SMILES string of the molecule is CCNC(=O)C12CC3CC(CC(Cl)(C3)C1)C2. The summed E-state index contributed by atoms with van der Waals surface area (Å²) in [5.74, 6) is 1.69. The molecule has 90 valence electrons. The molecule has 0 aromatic heterocycles. The molecule has 0 heterocycles. The standard InChI is InChI=1S/C13H20ClNO/c1-2-15-11(16)12-4-9-3-10(5-12)7-13(14,6-9)8-12/h9-10H,2-8H2,1H3,(H,15,16). The summed E-state index contributed by atoms with van der Waals surface area (Å²) in [7, 11) is 0. The maximum Gasteiger partial charge on any atom is 0.226 e. The number of carbonyl (C=O) groups excluding carboxylic acids is 1. The minimum Gasteiger partial charge on any atom is -0.356 e. The smallest absolute Gasteiger partial charge is 0.226 e. The number of rotatable bonds is 2. The first-order chi connectivity index (χ1) is 7.55. The van der Waals surface area contributed by atoms with Crippen LogP contribution in [0.4, 0.5) is 0 Å². The molecule has 4 aliphatic carbocycles. The zero-order valence-corrected chi connectivity index (χ0v) is 10.6. The molecular weight excluding hydrogens is 222 g/mol. The summed E-state index contributed by atoms with van der Waals surface area (Å²) in [6.07, 6.45) is 6.70. The molecule has 0 aliphatic heterocycles. The van der Waals surface area contributed by atoms with E-state index in [0.29, 0.717) is 11.8 Å². The molecule has 2 unspecified atom stereocenters. The molecule has 0 aromatic rings. The Kier molecular flexibility index (Phi) is 2.30. The van der Waals surface area contributed by atoms with Crippen LogP contribution in [0.15, 0.2) is 0 Å². The van der Waals surface area contributed by atoms with Crippen molar-refractivity contribution < 1.29 is 4.79 Å². The number of nitrogens with one attached hydrogen (secondary N) is 1. The van der Waals surface area contributed by atoms with Crippen LogP contribution in [0.5, 0.6) is 0 Å². The lowest BCUT2D eigenvalue weighted by Gasteiger charge is -2.59. The fourth-order valence-corrected chi connectivity index (χ4v) is 5.46. The van der Waals surface area contributed by atoms with Gasteiger partial charge in [-0.05, 0) is 57.3 Å². The van der Waals surface area contributed by atoms with E-state index in [1.165, 1.54) is 6.42 Å².